The first-order valence-electron chi connectivity index (χ1n) is 12.0. The minimum Gasteiger partial charge on any atom is -0.707 e. The van der Waals surface area contributed by atoms with E-state index in [0.717, 1.165) is 45.5 Å². The molecular formula is C27H30N2O6S3. The molecule has 202 valence electrons. The summed E-state index contributed by atoms with van der Waals surface area (Å²) < 4.78 is 25.9. The van der Waals surface area contributed by atoms with E-state index < -0.39 is 10.1 Å². The first-order chi connectivity index (χ1) is 18.0. The summed E-state index contributed by atoms with van der Waals surface area (Å²) in [7, 11) is -3.71. The van der Waals surface area contributed by atoms with Crippen LogP contribution in [0.4, 0.5) is 5.69 Å². The van der Waals surface area contributed by atoms with Crippen LogP contribution >= 0.6 is 23.1 Å². The topological polar surface area (TPSA) is 108 Å². The molecule has 11 heteroatoms. The van der Waals surface area contributed by atoms with Gasteiger partial charge >= 0.3 is 0 Å². The van der Waals surface area contributed by atoms with E-state index in [1.54, 1.807) is 36.9 Å². The van der Waals surface area contributed by atoms with Crippen molar-refractivity contribution in [3.05, 3.63) is 69.7 Å². The largest absolute Gasteiger partial charge is 0.707 e. The van der Waals surface area contributed by atoms with Crippen LogP contribution in [0.15, 0.2) is 58.5 Å². The summed E-state index contributed by atoms with van der Waals surface area (Å²) in [4.78, 5) is 27.0. The predicted molar refractivity (Wildman–Crippen MR) is 151 cm³/mol. The van der Waals surface area contributed by atoms with Gasteiger partial charge in [-0.05, 0) is 65.0 Å². The summed E-state index contributed by atoms with van der Waals surface area (Å²) in [6.07, 6.45) is 6.35. The number of thiazole rings is 1. The highest BCUT2D eigenvalue weighted by atomic mass is 32.2. The van der Waals surface area contributed by atoms with Crippen molar-refractivity contribution in [1.29, 1.82) is 0 Å². The lowest BCUT2D eigenvalue weighted by Crippen LogP contribution is -2.33. The molecule has 8 nitrogen and oxygen atoms in total. The van der Waals surface area contributed by atoms with Gasteiger partial charge in [-0.2, -0.15) is 4.57 Å². The standard InChI is InChI=1S/C25H25N2O2S2.C2H6O4S/c1-5-26-20-14-18(16(3)28)10-12-22(20)30-24(26)8-7-9-25-27(6-2)21-15-19(17(4)29)11-13-23(21)31-25;1-2-7(4,5)6-3/h7-15H,5-6H2,1-4H3;3H,2H2,1H3/q+1;/p-1. The minimum atomic E-state index is -3.71. The second-order valence-corrected chi connectivity index (χ2v) is 12.2. The SMILES string of the molecule is CCN1C(=CC=Cc2sc3ccc(C(C)=O)cc3[n+]2CC)Sc2ccc(C(C)=O)cc21.CCS(=O)(=O)O[O-]. The molecule has 0 spiro atoms. The van der Waals surface area contributed by atoms with E-state index >= 15 is 0 Å². The molecule has 2 heterocycles. The quantitative estimate of drug-likeness (QED) is 0.165. The number of anilines is 1. The Hall–Kier alpha value is -2.83. The van der Waals surface area contributed by atoms with Gasteiger partial charge in [0.2, 0.25) is 5.52 Å². The van der Waals surface area contributed by atoms with Crippen molar-refractivity contribution >= 4 is 66.8 Å². The Morgan fingerprint density at radius 2 is 1.71 bits per heavy atom. The first-order valence-corrected chi connectivity index (χ1v) is 15.3. The van der Waals surface area contributed by atoms with E-state index in [1.807, 2.05) is 36.4 Å². The monoisotopic (exact) mass is 574 g/mol. The maximum Gasteiger partial charge on any atom is 0.262 e. The molecule has 0 saturated heterocycles. The van der Waals surface area contributed by atoms with E-state index in [-0.39, 0.29) is 17.3 Å². The molecule has 0 aliphatic carbocycles. The molecule has 0 atom stereocenters. The molecule has 4 rings (SSSR count). The first kappa shape index (κ1) is 29.7. The van der Waals surface area contributed by atoms with Crippen LogP contribution in [-0.2, 0) is 21.0 Å². The average molecular weight is 575 g/mol. The smallest absolute Gasteiger partial charge is 0.262 e. The lowest BCUT2D eigenvalue weighted by atomic mass is 10.1. The highest BCUT2D eigenvalue weighted by Crippen LogP contribution is 2.46. The summed E-state index contributed by atoms with van der Waals surface area (Å²) >= 11 is 3.46. The van der Waals surface area contributed by atoms with Crippen LogP contribution < -0.4 is 14.7 Å². The number of carbonyl (C=O) groups excluding carboxylic acids is 2. The van der Waals surface area contributed by atoms with Crippen LogP contribution in [0.3, 0.4) is 0 Å². The Balaban J connectivity index is 0.000000505. The van der Waals surface area contributed by atoms with E-state index in [0.29, 0.717) is 0 Å². The number of aromatic nitrogens is 1. The number of ketones is 2. The molecule has 0 radical (unpaired) electrons. The van der Waals surface area contributed by atoms with E-state index in [4.69, 9.17) is 5.26 Å². The Morgan fingerprint density at radius 1 is 1.05 bits per heavy atom. The van der Waals surface area contributed by atoms with Crippen LogP contribution in [0.1, 0.15) is 60.3 Å². The summed E-state index contributed by atoms with van der Waals surface area (Å²) in [6.45, 7) is 10.5. The van der Waals surface area contributed by atoms with Crippen LogP contribution in [0.2, 0.25) is 0 Å². The van der Waals surface area contributed by atoms with Gasteiger partial charge in [0.05, 0.1) is 16.5 Å². The maximum atomic E-state index is 11.8. The van der Waals surface area contributed by atoms with Crippen LogP contribution in [0, 0.1) is 0 Å². The fourth-order valence-electron chi connectivity index (χ4n) is 3.80. The number of nitrogens with zero attached hydrogens (tertiary/aromatic N) is 2. The van der Waals surface area contributed by atoms with Crippen molar-refractivity contribution in [1.82, 2.24) is 0 Å². The summed E-state index contributed by atoms with van der Waals surface area (Å²) in [5, 5.41) is 11.4. The van der Waals surface area contributed by atoms with Gasteiger partial charge in [-0.1, -0.05) is 35.2 Å². The summed E-state index contributed by atoms with van der Waals surface area (Å²) in [5.41, 5.74) is 3.69. The second-order valence-electron chi connectivity index (χ2n) is 8.29. The van der Waals surface area contributed by atoms with Crippen molar-refractivity contribution < 1.29 is 32.2 Å². The van der Waals surface area contributed by atoms with Crippen molar-refractivity contribution in [2.45, 2.75) is 46.1 Å². The van der Waals surface area contributed by atoms with E-state index in [2.05, 4.69) is 45.9 Å². The number of rotatable bonds is 8. The molecule has 0 unspecified atom stereocenters. The van der Waals surface area contributed by atoms with Gasteiger partial charge in [0, 0.05) is 34.7 Å². The molecule has 0 amide bonds. The molecule has 0 N–H and O–H groups in total. The Kier molecular flexibility index (Phi) is 10.0. The zero-order valence-corrected chi connectivity index (χ0v) is 24.3. The molecule has 0 fully saturated rings. The van der Waals surface area contributed by atoms with Gasteiger partial charge in [-0.15, -0.1) is 0 Å². The number of fused-ring (bicyclic) bond motifs is 2. The molecule has 1 aliphatic heterocycles. The number of carbonyl (C=O) groups is 2. The fraction of sp³-hybridized carbons (Fsp3) is 0.296. The third-order valence-electron chi connectivity index (χ3n) is 5.84. The Morgan fingerprint density at radius 3 is 2.26 bits per heavy atom. The third kappa shape index (κ3) is 6.78. The summed E-state index contributed by atoms with van der Waals surface area (Å²) in [5.74, 6) is -0.0952. The van der Waals surface area contributed by atoms with Gasteiger partial charge < -0.3 is 14.5 Å². The molecule has 1 aliphatic rings. The number of hydrogen-bond acceptors (Lipinski definition) is 9. The fourth-order valence-corrected chi connectivity index (χ4v) is 6.14. The molecular weight excluding hydrogens is 545 g/mol. The van der Waals surface area contributed by atoms with Crippen LogP contribution in [-0.4, -0.2) is 32.3 Å². The normalized spacial score (nSPS) is 14.2. The van der Waals surface area contributed by atoms with E-state index in [9.17, 15) is 18.0 Å². The number of benzene rings is 2. The number of aryl methyl sites for hydroxylation is 1. The zero-order chi connectivity index (χ0) is 28.0. The molecule has 0 saturated carbocycles. The number of thioether (sulfide) groups is 1. The number of Topliss-reactive ketones (excluding diaryl/α,β-unsaturated/α-hetero) is 2. The highest BCUT2D eigenvalue weighted by molar-refractivity contribution is 8.03. The highest BCUT2D eigenvalue weighted by Gasteiger charge is 2.24. The van der Waals surface area contributed by atoms with Crippen molar-refractivity contribution in [2.75, 3.05) is 17.2 Å². The second kappa shape index (κ2) is 12.8. The van der Waals surface area contributed by atoms with E-state index in [1.165, 1.54) is 16.5 Å². The van der Waals surface area contributed by atoms with Crippen molar-refractivity contribution in [2.24, 2.45) is 0 Å². The number of hydrogen-bond donors (Lipinski definition) is 0. The molecule has 2 aromatic carbocycles. The average Bonchev–Trinajstić information content (AvgIpc) is 3.44. The zero-order valence-electron chi connectivity index (χ0n) is 21.9. The molecule has 38 heavy (non-hydrogen) atoms. The molecule has 1 aromatic heterocycles. The van der Waals surface area contributed by atoms with Gasteiger partial charge in [0.1, 0.15) is 11.2 Å². The Bertz CT molecular complexity index is 1510. The van der Waals surface area contributed by atoms with Gasteiger partial charge in [-0.3, -0.25) is 9.59 Å². The minimum absolute atomic E-state index is 0.0861. The lowest BCUT2D eigenvalue weighted by molar-refractivity contribution is -0.665. The molecule has 3 aromatic rings. The lowest BCUT2D eigenvalue weighted by Gasteiger charge is -2.18. The van der Waals surface area contributed by atoms with Crippen molar-refractivity contribution in [3.63, 3.8) is 0 Å². The van der Waals surface area contributed by atoms with Gasteiger partial charge in [-0.25, -0.2) is 8.42 Å². The molecule has 0 bridgehead atoms. The van der Waals surface area contributed by atoms with Gasteiger partial charge in [0.25, 0.3) is 15.1 Å². The van der Waals surface area contributed by atoms with Crippen LogP contribution in [0.25, 0.3) is 16.3 Å². The predicted octanol–water partition coefficient (Wildman–Crippen LogP) is 4.73. The summed E-state index contributed by atoms with van der Waals surface area (Å²) in [6, 6.07) is 11.8. The van der Waals surface area contributed by atoms with Gasteiger partial charge in [0.15, 0.2) is 11.6 Å². The number of allylic oxidation sites excluding steroid dienone is 2. The van der Waals surface area contributed by atoms with Crippen LogP contribution in [0.5, 0.6) is 0 Å². The third-order valence-corrected chi connectivity index (χ3v) is 9.02. The van der Waals surface area contributed by atoms with Crippen molar-refractivity contribution in [3.8, 4) is 0 Å². The Labute approximate surface area is 231 Å². The maximum absolute atomic E-state index is 11.8.